The number of hydrogen-bond donors (Lipinski definition) is 1. The van der Waals surface area contributed by atoms with Crippen LogP contribution in [-0.4, -0.2) is 16.0 Å². The number of nitrogens with one attached hydrogen (secondary N) is 1. The van der Waals surface area contributed by atoms with Gasteiger partial charge < -0.3 is 9.84 Å². The van der Waals surface area contributed by atoms with E-state index in [1.807, 2.05) is 61.5 Å². The number of carbonyl (C=O) groups excluding carboxylic acids is 1. The molecular formula is C19H19N3O2. The number of benzene rings is 2. The van der Waals surface area contributed by atoms with Gasteiger partial charge in [0.1, 0.15) is 0 Å². The van der Waals surface area contributed by atoms with Crippen LogP contribution in [0.15, 0.2) is 59.1 Å². The van der Waals surface area contributed by atoms with Gasteiger partial charge in [0.15, 0.2) is 5.82 Å². The number of aromatic nitrogens is 2. The molecule has 0 aliphatic rings. The predicted molar refractivity (Wildman–Crippen MR) is 91.7 cm³/mol. The van der Waals surface area contributed by atoms with Crippen molar-refractivity contribution in [2.24, 2.45) is 0 Å². The first-order chi connectivity index (χ1) is 11.7. The van der Waals surface area contributed by atoms with Crippen molar-refractivity contribution >= 4 is 11.6 Å². The summed E-state index contributed by atoms with van der Waals surface area (Å²) in [6.45, 7) is 2.01. The van der Waals surface area contributed by atoms with Crippen molar-refractivity contribution in [2.45, 2.75) is 26.2 Å². The Morgan fingerprint density at radius 1 is 1.08 bits per heavy atom. The molecule has 3 rings (SSSR count). The number of rotatable bonds is 6. The third-order valence-corrected chi connectivity index (χ3v) is 3.62. The highest BCUT2D eigenvalue weighted by atomic mass is 16.5. The minimum atomic E-state index is -0.0679. The average molecular weight is 321 g/mol. The van der Waals surface area contributed by atoms with Gasteiger partial charge in [-0.25, -0.2) is 0 Å². The minimum absolute atomic E-state index is 0.0679. The van der Waals surface area contributed by atoms with Gasteiger partial charge in [0.2, 0.25) is 11.8 Å². The van der Waals surface area contributed by atoms with Gasteiger partial charge in [-0.2, -0.15) is 4.98 Å². The zero-order valence-electron chi connectivity index (χ0n) is 13.5. The number of aryl methyl sites for hydroxylation is 2. The van der Waals surface area contributed by atoms with E-state index in [4.69, 9.17) is 4.52 Å². The molecule has 0 atom stereocenters. The lowest BCUT2D eigenvalue weighted by Crippen LogP contribution is -2.12. The summed E-state index contributed by atoms with van der Waals surface area (Å²) in [4.78, 5) is 16.3. The molecule has 2 aromatic carbocycles. The molecule has 1 N–H and O–H groups in total. The van der Waals surface area contributed by atoms with Crippen LogP contribution in [0.1, 0.15) is 29.3 Å². The second-order valence-corrected chi connectivity index (χ2v) is 5.68. The predicted octanol–water partition coefficient (Wildman–Crippen LogP) is 3.54. The lowest BCUT2D eigenvalue weighted by molar-refractivity contribution is -0.116. The lowest BCUT2D eigenvalue weighted by Gasteiger charge is -2.04. The van der Waals surface area contributed by atoms with Crippen molar-refractivity contribution in [1.82, 2.24) is 10.1 Å². The van der Waals surface area contributed by atoms with Gasteiger partial charge in [0.05, 0.1) is 0 Å². The number of nitrogens with zero attached hydrogens (tertiary/aromatic N) is 2. The molecule has 5 heteroatoms. The fourth-order valence-corrected chi connectivity index (χ4v) is 2.32. The van der Waals surface area contributed by atoms with E-state index >= 15 is 0 Å². The molecule has 0 spiro atoms. The zero-order chi connectivity index (χ0) is 16.8. The van der Waals surface area contributed by atoms with E-state index in [1.54, 1.807) is 0 Å². The van der Waals surface area contributed by atoms with Crippen LogP contribution >= 0.6 is 0 Å². The Bertz CT molecular complexity index is 795. The highest BCUT2D eigenvalue weighted by Gasteiger charge is 2.10. The van der Waals surface area contributed by atoms with Gasteiger partial charge in [0.25, 0.3) is 0 Å². The molecule has 3 aromatic rings. The summed E-state index contributed by atoms with van der Waals surface area (Å²) in [5.74, 6) is 1.05. The molecular weight excluding hydrogens is 302 g/mol. The summed E-state index contributed by atoms with van der Waals surface area (Å²) in [5.41, 5.74) is 3.08. The van der Waals surface area contributed by atoms with E-state index in [2.05, 4.69) is 15.5 Å². The van der Waals surface area contributed by atoms with E-state index < -0.39 is 0 Å². The standard InChI is InChI=1S/C19H19N3O2/c1-14-7-9-16(10-8-14)20-18(23)11-12-19-21-17(22-24-19)13-15-5-3-2-4-6-15/h2-10H,11-13H2,1H3,(H,20,23). The molecule has 1 amide bonds. The molecule has 0 aliphatic carbocycles. The second kappa shape index (κ2) is 7.55. The second-order valence-electron chi connectivity index (χ2n) is 5.68. The molecule has 24 heavy (non-hydrogen) atoms. The van der Waals surface area contributed by atoms with Crippen molar-refractivity contribution in [3.8, 4) is 0 Å². The van der Waals surface area contributed by atoms with Crippen molar-refractivity contribution in [1.29, 1.82) is 0 Å². The van der Waals surface area contributed by atoms with Crippen LogP contribution < -0.4 is 5.32 Å². The van der Waals surface area contributed by atoms with E-state index in [0.717, 1.165) is 16.8 Å². The number of hydrogen-bond acceptors (Lipinski definition) is 4. The smallest absolute Gasteiger partial charge is 0.227 e. The molecule has 0 radical (unpaired) electrons. The summed E-state index contributed by atoms with van der Waals surface area (Å²) in [7, 11) is 0. The summed E-state index contributed by atoms with van der Waals surface area (Å²) < 4.78 is 5.21. The first-order valence-electron chi connectivity index (χ1n) is 7.91. The molecule has 0 aliphatic heterocycles. The fraction of sp³-hybridized carbons (Fsp3) is 0.211. The van der Waals surface area contributed by atoms with Crippen LogP contribution in [-0.2, 0) is 17.6 Å². The number of anilines is 1. The normalized spacial score (nSPS) is 10.5. The topological polar surface area (TPSA) is 68.0 Å². The Kier molecular flexibility index (Phi) is 5.01. The zero-order valence-corrected chi connectivity index (χ0v) is 13.5. The highest BCUT2D eigenvalue weighted by Crippen LogP contribution is 2.11. The molecule has 0 saturated heterocycles. The third-order valence-electron chi connectivity index (χ3n) is 3.62. The van der Waals surface area contributed by atoms with Crippen molar-refractivity contribution < 1.29 is 9.32 Å². The summed E-state index contributed by atoms with van der Waals surface area (Å²) in [5, 5.41) is 6.82. The Balaban J connectivity index is 1.50. The van der Waals surface area contributed by atoms with Gasteiger partial charge in [-0.05, 0) is 24.6 Å². The molecule has 122 valence electrons. The minimum Gasteiger partial charge on any atom is -0.339 e. The third kappa shape index (κ3) is 4.52. The van der Waals surface area contributed by atoms with Crippen LogP contribution in [0.3, 0.4) is 0 Å². The molecule has 1 heterocycles. The van der Waals surface area contributed by atoms with Crippen LogP contribution in [0.25, 0.3) is 0 Å². The summed E-state index contributed by atoms with van der Waals surface area (Å²) >= 11 is 0. The Hall–Kier alpha value is -2.95. The summed E-state index contributed by atoms with van der Waals surface area (Å²) in [6.07, 6.45) is 1.36. The monoisotopic (exact) mass is 321 g/mol. The van der Waals surface area contributed by atoms with Crippen LogP contribution in [0.5, 0.6) is 0 Å². The van der Waals surface area contributed by atoms with E-state index in [1.165, 1.54) is 0 Å². The Morgan fingerprint density at radius 2 is 1.83 bits per heavy atom. The summed E-state index contributed by atoms with van der Waals surface area (Å²) in [6, 6.07) is 17.7. The molecule has 0 fully saturated rings. The Labute approximate surface area is 140 Å². The van der Waals surface area contributed by atoms with Gasteiger partial charge in [0, 0.05) is 24.9 Å². The quantitative estimate of drug-likeness (QED) is 0.754. The Morgan fingerprint density at radius 3 is 2.58 bits per heavy atom. The van der Waals surface area contributed by atoms with Crippen molar-refractivity contribution in [3.63, 3.8) is 0 Å². The van der Waals surface area contributed by atoms with Gasteiger partial charge >= 0.3 is 0 Å². The average Bonchev–Trinajstić information content (AvgIpc) is 3.03. The fourth-order valence-electron chi connectivity index (χ4n) is 2.32. The van der Waals surface area contributed by atoms with E-state index in [0.29, 0.717) is 31.0 Å². The first-order valence-corrected chi connectivity index (χ1v) is 7.91. The molecule has 1 aromatic heterocycles. The number of amides is 1. The maximum Gasteiger partial charge on any atom is 0.227 e. The highest BCUT2D eigenvalue weighted by molar-refractivity contribution is 5.90. The van der Waals surface area contributed by atoms with E-state index in [9.17, 15) is 4.79 Å². The van der Waals surface area contributed by atoms with Crippen molar-refractivity contribution in [3.05, 3.63) is 77.4 Å². The van der Waals surface area contributed by atoms with Gasteiger partial charge in [-0.3, -0.25) is 4.79 Å². The largest absolute Gasteiger partial charge is 0.339 e. The maximum absolute atomic E-state index is 12.0. The van der Waals surface area contributed by atoms with E-state index in [-0.39, 0.29) is 5.91 Å². The number of carbonyl (C=O) groups is 1. The van der Waals surface area contributed by atoms with Crippen LogP contribution in [0.4, 0.5) is 5.69 Å². The van der Waals surface area contributed by atoms with Gasteiger partial charge in [-0.1, -0.05) is 53.2 Å². The molecule has 0 bridgehead atoms. The molecule has 0 unspecified atom stereocenters. The SMILES string of the molecule is Cc1ccc(NC(=O)CCc2nc(Cc3ccccc3)no2)cc1. The lowest BCUT2D eigenvalue weighted by atomic mass is 10.1. The first kappa shape index (κ1) is 15.9. The van der Waals surface area contributed by atoms with Crippen LogP contribution in [0.2, 0.25) is 0 Å². The van der Waals surface area contributed by atoms with Crippen molar-refractivity contribution in [2.75, 3.05) is 5.32 Å². The van der Waals surface area contributed by atoms with Gasteiger partial charge in [-0.15, -0.1) is 0 Å². The maximum atomic E-state index is 12.0. The van der Waals surface area contributed by atoms with Crippen LogP contribution in [0, 0.1) is 6.92 Å². The molecule has 5 nitrogen and oxygen atoms in total. The molecule has 0 saturated carbocycles.